The standard InChI is InChI=1S/C16H24N2O3S/c1-13(16(19)18-11-9-17-10-12-18)3-4-14-5-7-15(8-6-14)22(2,20)21/h5-8,13,17H,3-4,9-12H2,1-2H3. The summed E-state index contributed by atoms with van der Waals surface area (Å²) in [5.74, 6) is 0.210. The second kappa shape index (κ2) is 7.24. The first kappa shape index (κ1) is 17.0. The molecule has 5 nitrogen and oxygen atoms in total. The van der Waals surface area contributed by atoms with Gasteiger partial charge in [-0.15, -0.1) is 0 Å². The fraction of sp³-hybridized carbons (Fsp3) is 0.562. The Hall–Kier alpha value is -1.40. The molecular weight excluding hydrogens is 300 g/mol. The van der Waals surface area contributed by atoms with Gasteiger partial charge in [0.15, 0.2) is 9.84 Å². The van der Waals surface area contributed by atoms with Gasteiger partial charge in [-0.3, -0.25) is 4.79 Å². The Labute approximate surface area is 132 Å². The molecule has 1 aromatic rings. The van der Waals surface area contributed by atoms with Crippen LogP contribution in [0.1, 0.15) is 18.9 Å². The van der Waals surface area contributed by atoms with Crippen molar-refractivity contribution in [1.82, 2.24) is 10.2 Å². The van der Waals surface area contributed by atoms with Crippen LogP contribution in [0.15, 0.2) is 29.2 Å². The molecule has 0 radical (unpaired) electrons. The van der Waals surface area contributed by atoms with Crippen molar-refractivity contribution in [2.75, 3.05) is 32.4 Å². The summed E-state index contributed by atoms with van der Waals surface area (Å²) in [5, 5.41) is 3.24. The van der Waals surface area contributed by atoms with Crippen molar-refractivity contribution in [2.45, 2.75) is 24.7 Å². The molecule has 1 unspecified atom stereocenters. The van der Waals surface area contributed by atoms with E-state index in [2.05, 4.69) is 5.32 Å². The van der Waals surface area contributed by atoms with Gasteiger partial charge >= 0.3 is 0 Å². The van der Waals surface area contributed by atoms with Gasteiger partial charge in [-0.2, -0.15) is 0 Å². The van der Waals surface area contributed by atoms with Crippen LogP contribution < -0.4 is 5.32 Å². The average Bonchev–Trinajstić information content (AvgIpc) is 2.52. The van der Waals surface area contributed by atoms with E-state index in [0.717, 1.165) is 44.6 Å². The van der Waals surface area contributed by atoms with Gasteiger partial charge in [-0.25, -0.2) is 8.42 Å². The number of hydrogen-bond donors (Lipinski definition) is 1. The molecule has 122 valence electrons. The largest absolute Gasteiger partial charge is 0.340 e. The predicted octanol–water partition coefficient (Wildman–Crippen LogP) is 1.09. The summed E-state index contributed by atoms with van der Waals surface area (Å²) in [6.07, 6.45) is 2.76. The van der Waals surface area contributed by atoms with Gasteiger partial charge in [0, 0.05) is 38.4 Å². The number of sulfone groups is 1. The quantitative estimate of drug-likeness (QED) is 0.880. The molecule has 1 heterocycles. The molecule has 1 saturated heterocycles. The number of piperazine rings is 1. The molecule has 1 aliphatic rings. The van der Waals surface area contributed by atoms with Crippen LogP contribution in [0.5, 0.6) is 0 Å². The smallest absolute Gasteiger partial charge is 0.225 e. The van der Waals surface area contributed by atoms with Crippen molar-refractivity contribution in [3.05, 3.63) is 29.8 Å². The summed E-state index contributed by atoms with van der Waals surface area (Å²) >= 11 is 0. The van der Waals surface area contributed by atoms with Crippen LogP contribution in [0.3, 0.4) is 0 Å². The third-order valence-electron chi connectivity index (χ3n) is 4.07. The molecule has 1 fully saturated rings. The molecule has 0 bridgehead atoms. The summed E-state index contributed by atoms with van der Waals surface area (Å²) < 4.78 is 22.8. The Morgan fingerprint density at radius 2 is 1.82 bits per heavy atom. The molecule has 1 atom stereocenters. The zero-order valence-corrected chi connectivity index (χ0v) is 14.0. The summed E-state index contributed by atoms with van der Waals surface area (Å²) in [6.45, 7) is 5.27. The number of benzene rings is 1. The SMILES string of the molecule is CC(CCc1ccc(S(C)(=O)=O)cc1)C(=O)N1CCNCC1. The first-order valence-corrected chi connectivity index (χ1v) is 9.55. The van der Waals surface area contributed by atoms with Crippen molar-refractivity contribution in [1.29, 1.82) is 0 Å². The van der Waals surface area contributed by atoms with Crippen LogP contribution in [-0.2, 0) is 21.1 Å². The number of rotatable bonds is 5. The van der Waals surface area contributed by atoms with E-state index in [9.17, 15) is 13.2 Å². The van der Waals surface area contributed by atoms with Gasteiger partial charge in [0.05, 0.1) is 4.90 Å². The fourth-order valence-electron chi connectivity index (χ4n) is 2.61. The van der Waals surface area contributed by atoms with Crippen LogP contribution in [0.2, 0.25) is 0 Å². The molecule has 0 saturated carbocycles. The number of hydrogen-bond acceptors (Lipinski definition) is 4. The topological polar surface area (TPSA) is 66.5 Å². The highest BCUT2D eigenvalue weighted by atomic mass is 32.2. The maximum atomic E-state index is 12.3. The number of aryl methyl sites for hydroxylation is 1. The van der Waals surface area contributed by atoms with Crippen molar-refractivity contribution in [3.8, 4) is 0 Å². The Morgan fingerprint density at radius 1 is 1.23 bits per heavy atom. The number of carbonyl (C=O) groups is 1. The lowest BCUT2D eigenvalue weighted by Gasteiger charge is -2.29. The lowest BCUT2D eigenvalue weighted by atomic mass is 9.99. The molecule has 6 heteroatoms. The van der Waals surface area contributed by atoms with E-state index in [-0.39, 0.29) is 11.8 Å². The highest BCUT2D eigenvalue weighted by Gasteiger charge is 2.21. The predicted molar refractivity (Wildman–Crippen MR) is 86.5 cm³/mol. The number of nitrogens with zero attached hydrogens (tertiary/aromatic N) is 1. The maximum Gasteiger partial charge on any atom is 0.225 e. The molecule has 1 amide bonds. The van der Waals surface area contributed by atoms with E-state index in [1.165, 1.54) is 6.26 Å². The van der Waals surface area contributed by atoms with Gasteiger partial charge in [0.25, 0.3) is 0 Å². The summed E-state index contributed by atoms with van der Waals surface area (Å²) in [4.78, 5) is 14.6. The van der Waals surface area contributed by atoms with Gasteiger partial charge in [-0.05, 0) is 30.5 Å². The Balaban J connectivity index is 1.87. The molecule has 0 aliphatic carbocycles. The average molecular weight is 324 g/mol. The second-order valence-electron chi connectivity index (χ2n) is 5.93. The molecule has 0 spiro atoms. The minimum absolute atomic E-state index is 0.00677. The summed E-state index contributed by atoms with van der Waals surface area (Å²) in [5.41, 5.74) is 1.06. The van der Waals surface area contributed by atoms with Crippen LogP contribution in [0.4, 0.5) is 0 Å². The van der Waals surface area contributed by atoms with Crippen molar-refractivity contribution in [2.24, 2.45) is 5.92 Å². The normalized spacial score (nSPS) is 17.3. The summed E-state index contributed by atoms with van der Waals surface area (Å²) in [7, 11) is -3.15. The fourth-order valence-corrected chi connectivity index (χ4v) is 3.24. The van der Waals surface area contributed by atoms with E-state index in [1.807, 2.05) is 24.0 Å². The van der Waals surface area contributed by atoms with Crippen molar-refractivity contribution < 1.29 is 13.2 Å². The highest BCUT2D eigenvalue weighted by molar-refractivity contribution is 7.90. The van der Waals surface area contributed by atoms with E-state index in [0.29, 0.717) is 4.90 Å². The third kappa shape index (κ3) is 4.55. The molecular formula is C16H24N2O3S. The minimum Gasteiger partial charge on any atom is -0.340 e. The molecule has 0 aromatic heterocycles. The Bertz CT molecular complexity index is 605. The van der Waals surface area contributed by atoms with Gasteiger partial charge in [0.2, 0.25) is 5.91 Å². The highest BCUT2D eigenvalue weighted by Crippen LogP contribution is 2.15. The van der Waals surface area contributed by atoms with Gasteiger partial charge < -0.3 is 10.2 Å². The Morgan fingerprint density at radius 3 is 2.36 bits per heavy atom. The zero-order valence-electron chi connectivity index (χ0n) is 13.2. The van der Waals surface area contributed by atoms with Gasteiger partial charge in [-0.1, -0.05) is 19.1 Å². The lowest BCUT2D eigenvalue weighted by Crippen LogP contribution is -2.48. The monoisotopic (exact) mass is 324 g/mol. The molecule has 1 N–H and O–H groups in total. The van der Waals surface area contributed by atoms with E-state index < -0.39 is 9.84 Å². The maximum absolute atomic E-state index is 12.3. The zero-order chi connectivity index (χ0) is 16.2. The van der Waals surface area contributed by atoms with Crippen LogP contribution in [-0.4, -0.2) is 51.7 Å². The Kier molecular flexibility index (Phi) is 5.58. The summed E-state index contributed by atoms with van der Waals surface area (Å²) in [6, 6.07) is 6.93. The van der Waals surface area contributed by atoms with Crippen LogP contribution >= 0.6 is 0 Å². The number of amides is 1. The van der Waals surface area contributed by atoms with Crippen LogP contribution in [0.25, 0.3) is 0 Å². The minimum atomic E-state index is -3.15. The first-order chi connectivity index (χ1) is 10.4. The van der Waals surface area contributed by atoms with Crippen LogP contribution in [0, 0.1) is 5.92 Å². The molecule has 2 rings (SSSR count). The third-order valence-corrected chi connectivity index (χ3v) is 5.20. The molecule has 1 aromatic carbocycles. The number of carbonyl (C=O) groups excluding carboxylic acids is 1. The molecule has 1 aliphatic heterocycles. The van der Waals surface area contributed by atoms with E-state index >= 15 is 0 Å². The van der Waals surface area contributed by atoms with Crippen molar-refractivity contribution >= 4 is 15.7 Å². The van der Waals surface area contributed by atoms with E-state index in [4.69, 9.17) is 0 Å². The lowest BCUT2D eigenvalue weighted by molar-refractivity contribution is -0.135. The number of nitrogens with one attached hydrogen (secondary N) is 1. The van der Waals surface area contributed by atoms with E-state index in [1.54, 1.807) is 12.1 Å². The molecule has 22 heavy (non-hydrogen) atoms. The van der Waals surface area contributed by atoms with Gasteiger partial charge in [0.1, 0.15) is 0 Å². The van der Waals surface area contributed by atoms with Crippen molar-refractivity contribution in [3.63, 3.8) is 0 Å². The second-order valence-corrected chi connectivity index (χ2v) is 7.95. The first-order valence-electron chi connectivity index (χ1n) is 7.66.